The van der Waals surface area contributed by atoms with Crippen molar-refractivity contribution in [2.45, 2.75) is 433 Å². The van der Waals surface area contributed by atoms with Crippen molar-refractivity contribution in [1.29, 1.82) is 0 Å². The summed E-state index contributed by atoms with van der Waals surface area (Å²) in [5, 5.41) is 0. The summed E-state index contributed by atoms with van der Waals surface area (Å²) >= 11 is 0. The van der Waals surface area contributed by atoms with E-state index < -0.39 is 59.7 Å². The van der Waals surface area contributed by atoms with Crippen LogP contribution in [0.25, 0.3) is 0 Å². The second-order valence-corrected chi connectivity index (χ2v) is 45.7. The van der Waals surface area contributed by atoms with E-state index in [0.29, 0.717) is 107 Å². The van der Waals surface area contributed by atoms with E-state index in [1.807, 2.05) is 0 Å². The molecule has 0 heterocycles. The van der Waals surface area contributed by atoms with Crippen LogP contribution in [-0.4, -0.2) is 131 Å². The van der Waals surface area contributed by atoms with E-state index in [1.54, 1.807) is 7.11 Å². The summed E-state index contributed by atoms with van der Waals surface area (Å²) in [4.78, 5) is 162. The van der Waals surface area contributed by atoms with E-state index >= 15 is 0 Å². The van der Waals surface area contributed by atoms with Gasteiger partial charge in [-0.15, -0.1) is 0 Å². The van der Waals surface area contributed by atoms with Gasteiger partial charge in [0, 0.05) is 88.9 Å². The molecule has 26 heteroatoms. The van der Waals surface area contributed by atoms with Gasteiger partial charge >= 0.3 is 89.5 Å². The molecular formula is C110H180O26. The Labute approximate surface area is 815 Å². The third kappa shape index (κ3) is 34.2. The molecule has 0 spiro atoms. The highest BCUT2D eigenvalue weighted by atomic mass is 16.6. The third-order valence-corrected chi connectivity index (χ3v) is 33.7. The van der Waals surface area contributed by atoms with Gasteiger partial charge < -0.3 is 52.1 Å². The zero-order valence-electron chi connectivity index (χ0n) is 88.7. The van der Waals surface area contributed by atoms with Crippen LogP contribution in [0.3, 0.4) is 0 Å². The Morgan fingerprint density at radius 3 is 0.831 bits per heavy atom. The topological polar surface area (TPSA) is 358 Å². The maximum absolute atomic E-state index is 12.8. The Hall–Kier alpha value is -6.99. The zero-order chi connectivity index (χ0) is 102. The number of hydrogen-bond acceptors (Lipinski definition) is 26. The lowest BCUT2D eigenvalue weighted by molar-refractivity contribution is -0.179. The largest absolute Gasteiger partial charge is 0.459 e. The number of rotatable bonds is 19. The summed E-state index contributed by atoms with van der Waals surface area (Å²) in [6, 6.07) is 0. The molecule has 26 nitrogen and oxygen atoms in total. The van der Waals surface area contributed by atoms with Crippen LogP contribution in [0.2, 0.25) is 0 Å². The average Bonchev–Trinajstić information content (AvgIpc) is 1.59. The first-order valence-electron chi connectivity index (χ1n) is 52.7. The monoisotopic (exact) mass is 1920 g/mol. The third-order valence-electron chi connectivity index (χ3n) is 33.7. The number of ether oxygens (including phenoxy) is 11. The second kappa shape index (κ2) is 53.7. The molecule has 31 atom stereocenters. The molecule has 15 fully saturated rings. The molecular weight excluding hydrogens is 1740 g/mol. The molecule has 0 N–H and O–H groups in total. The lowest BCUT2D eigenvalue weighted by atomic mass is 9.76. The second-order valence-electron chi connectivity index (χ2n) is 45.7. The molecule has 15 aliphatic carbocycles. The number of esters is 15. The number of methoxy groups -OCH3 is 1. The molecule has 0 amide bonds. The normalized spacial score (nSPS) is 37.1. The van der Waals surface area contributed by atoms with Gasteiger partial charge in [0.1, 0.15) is 28.0 Å². The van der Waals surface area contributed by atoms with E-state index in [1.165, 1.54) is 198 Å². The molecule has 31 unspecified atom stereocenters. The Balaban J connectivity index is 0.000000240. The van der Waals surface area contributed by atoms with E-state index in [4.69, 9.17) is 28.4 Å². The van der Waals surface area contributed by atoms with Crippen LogP contribution in [-0.2, 0) is 124 Å². The van der Waals surface area contributed by atoms with Crippen LogP contribution < -0.4 is 0 Å². The van der Waals surface area contributed by atoms with Gasteiger partial charge in [0.25, 0.3) is 0 Å². The molecule has 0 aliphatic heterocycles. The molecule has 136 heavy (non-hydrogen) atoms. The first-order chi connectivity index (χ1) is 63.6. The van der Waals surface area contributed by atoms with Crippen LogP contribution in [0.4, 0.5) is 0 Å². The molecule has 10 bridgehead atoms. The summed E-state index contributed by atoms with van der Waals surface area (Å²) in [6.45, 7) is 48.4. The minimum Gasteiger partial charge on any atom is -0.459 e. The average molecular weight is 1920 g/mol. The van der Waals surface area contributed by atoms with E-state index in [9.17, 15) is 71.9 Å². The van der Waals surface area contributed by atoms with Crippen LogP contribution >= 0.6 is 0 Å². The van der Waals surface area contributed by atoms with Crippen molar-refractivity contribution in [3.8, 4) is 0 Å². The van der Waals surface area contributed by atoms with Crippen LogP contribution in [0.1, 0.15) is 405 Å². The minimum absolute atomic E-state index is 0.0818. The van der Waals surface area contributed by atoms with Crippen molar-refractivity contribution in [3.05, 3.63) is 0 Å². The molecule has 15 rings (SSSR count). The lowest BCUT2D eigenvalue weighted by Gasteiger charge is -2.41. The predicted molar refractivity (Wildman–Crippen MR) is 515 cm³/mol. The van der Waals surface area contributed by atoms with Gasteiger partial charge in [-0.1, -0.05) is 117 Å². The molecule has 15 aliphatic rings. The fourth-order valence-electron chi connectivity index (χ4n) is 28.2. The summed E-state index contributed by atoms with van der Waals surface area (Å²) in [7, 11) is 1.79. The standard InChI is InChI=1S/C19H32O3.C19H32O2.2C18H30O2.C16H26O2.5C4H6O3/c1-5-19(10-14-6-7-17(19)16(14)11-21-4)22-18(20)15-9-12(2)8-13(15)3;1-4-5-8-19(12-15-6-7-16(19)11-15)21-18(20)17-10-13(2)9-14(17)3;1-11(2)18(10-14-5-6-15(18)9-14)20-17(19)16-8-12(3)7-13(16)4;1-4-7-18(11-14-5-6-15(18)10-14)20-17(19)16-9-12(2)8-13(16)3;1-10-6-11(2)14(7-10)15(17)18-16(3)9-12-4-5-13(16)8-12;5*1-3(5)7-4(2)6/h12-17H,5-11H2,1-4H3;13-17H,4-12H2,1-3H3;11-16H,5-10H2,1-4H3;12-16H,4-11H2,1-3H3;10-14H,4-9H2,1-3H3;5*1-2H3. The predicted octanol–water partition coefficient (Wildman–Crippen LogP) is 22.3. The Morgan fingerprint density at radius 1 is 0.301 bits per heavy atom. The fourth-order valence-corrected chi connectivity index (χ4v) is 28.2. The smallest absolute Gasteiger partial charge is 0.310 e. The van der Waals surface area contributed by atoms with E-state index in [-0.39, 0.29) is 87.4 Å². The minimum atomic E-state index is -0.562. The summed E-state index contributed by atoms with van der Waals surface area (Å²) in [5.41, 5.74) is -0.631. The maximum atomic E-state index is 12.8. The van der Waals surface area contributed by atoms with Crippen molar-refractivity contribution < 1.29 is 124 Å². The first-order valence-corrected chi connectivity index (χ1v) is 52.7. The SMILES string of the molecule is CC(=O)OC(C)=O.CC(=O)OC(C)=O.CC(=O)OC(C)=O.CC(=O)OC(C)=O.CC(=O)OC(C)=O.CC1CC(C)C(C(=O)OC2(C(C)C)CC3CCC2C3)C1.CC1CC(C)C(C(=O)OC2(C)CC3CCC2C3)C1.CCC1(OC(=O)C2CC(C)CC2C)CC2CCC1C2COC.CCCC1(OC(=O)C2CC(C)CC2C)CC2CCC1C2.CCCCC1(OC(=O)C2CC(C)CC2C)CC2CCC1C2. The Morgan fingerprint density at radius 2 is 0.596 bits per heavy atom. The molecule has 0 aromatic heterocycles. The Bertz CT molecular complexity index is 3770. The zero-order valence-corrected chi connectivity index (χ0v) is 88.7. The highest BCUT2D eigenvalue weighted by molar-refractivity contribution is 5.85. The van der Waals surface area contributed by atoms with Crippen molar-refractivity contribution >= 4 is 89.5 Å². The van der Waals surface area contributed by atoms with Gasteiger partial charge in [-0.05, 0) is 343 Å². The fraction of sp³-hybridized carbons (Fsp3) is 0.864. The molecule has 15 saturated carbocycles. The van der Waals surface area contributed by atoms with Gasteiger partial charge in [0.2, 0.25) is 0 Å². The maximum Gasteiger partial charge on any atom is 0.310 e. The summed E-state index contributed by atoms with van der Waals surface area (Å²) in [6.07, 6.45) is 41.6. The summed E-state index contributed by atoms with van der Waals surface area (Å²) in [5.74, 6) is 9.75. The first kappa shape index (κ1) is 118. The van der Waals surface area contributed by atoms with Gasteiger partial charge in [0.05, 0.1) is 29.6 Å². The van der Waals surface area contributed by atoms with Crippen LogP contribution in [0.5, 0.6) is 0 Å². The molecule has 0 aromatic carbocycles. The van der Waals surface area contributed by atoms with Gasteiger partial charge in [-0.25, -0.2) is 0 Å². The van der Waals surface area contributed by atoms with Gasteiger partial charge in [-0.2, -0.15) is 0 Å². The van der Waals surface area contributed by atoms with E-state index in [2.05, 4.69) is 134 Å². The molecule has 0 saturated heterocycles. The molecule has 0 aromatic rings. The van der Waals surface area contributed by atoms with Crippen LogP contribution in [0.15, 0.2) is 0 Å². The number of hydrogen-bond donors (Lipinski definition) is 0. The van der Waals surface area contributed by atoms with E-state index in [0.717, 1.165) is 127 Å². The van der Waals surface area contributed by atoms with Crippen molar-refractivity contribution in [1.82, 2.24) is 0 Å². The lowest BCUT2D eigenvalue weighted by Crippen LogP contribution is -2.46. The number of carbonyl (C=O) groups is 15. The number of unbranched alkanes of at least 4 members (excludes halogenated alkanes) is 1. The molecule has 776 valence electrons. The number of fused-ring (bicyclic) bond motifs is 10. The quantitative estimate of drug-likeness (QED) is 0.0658. The molecule has 0 radical (unpaired) electrons. The number of carbonyl (C=O) groups excluding carboxylic acids is 15. The van der Waals surface area contributed by atoms with Crippen molar-refractivity contribution in [2.75, 3.05) is 13.7 Å². The van der Waals surface area contributed by atoms with Gasteiger partial charge in [-0.3, -0.25) is 71.9 Å². The van der Waals surface area contributed by atoms with Crippen molar-refractivity contribution in [2.24, 2.45) is 160 Å². The highest BCUT2D eigenvalue weighted by Crippen LogP contribution is 2.62. The summed E-state index contributed by atoms with van der Waals surface area (Å²) < 4.78 is 56.4. The van der Waals surface area contributed by atoms with Crippen molar-refractivity contribution in [3.63, 3.8) is 0 Å². The Kier molecular flexibility index (Phi) is 46.5. The van der Waals surface area contributed by atoms with Crippen LogP contribution in [0, 0.1) is 160 Å². The van der Waals surface area contributed by atoms with Gasteiger partial charge in [0.15, 0.2) is 0 Å². The highest BCUT2D eigenvalue weighted by Gasteiger charge is 2.61.